The van der Waals surface area contributed by atoms with Gasteiger partial charge in [-0.2, -0.15) is 0 Å². The largest absolute Gasteiger partial charge is 0.478 e. The first-order valence-corrected chi connectivity index (χ1v) is 6.38. The minimum absolute atomic E-state index is 0.0897. The van der Waals surface area contributed by atoms with E-state index in [-0.39, 0.29) is 12.5 Å². The van der Waals surface area contributed by atoms with Crippen LogP contribution in [-0.2, 0) is 9.59 Å². The molecule has 1 heterocycles. The van der Waals surface area contributed by atoms with Crippen molar-refractivity contribution in [2.45, 2.75) is 13.3 Å². The van der Waals surface area contributed by atoms with Gasteiger partial charge in [0, 0.05) is 31.4 Å². The van der Waals surface area contributed by atoms with Gasteiger partial charge in [0.05, 0.1) is 6.54 Å². The average molecular weight is 277 g/mol. The van der Waals surface area contributed by atoms with Gasteiger partial charge in [0.2, 0.25) is 5.91 Å². The number of likely N-dealkylation sites (N-methyl/N-ethyl adjacent to an activating group) is 1. The maximum Gasteiger partial charge on any atom is 0.328 e. The maximum atomic E-state index is 11.7. The zero-order valence-corrected chi connectivity index (χ0v) is 11.7. The Balaban J connectivity index is 2.79. The number of anilines is 1. The monoisotopic (exact) mass is 277 g/mol. The lowest BCUT2D eigenvalue weighted by Gasteiger charge is -2.19. The van der Waals surface area contributed by atoms with Crippen molar-refractivity contribution in [2.24, 2.45) is 0 Å². The maximum absolute atomic E-state index is 11.7. The van der Waals surface area contributed by atoms with Crippen LogP contribution in [0.1, 0.15) is 18.9 Å². The van der Waals surface area contributed by atoms with Crippen LogP contribution in [0.4, 0.5) is 5.82 Å². The van der Waals surface area contributed by atoms with Gasteiger partial charge in [-0.25, -0.2) is 9.78 Å². The van der Waals surface area contributed by atoms with E-state index in [1.165, 1.54) is 6.08 Å². The summed E-state index contributed by atoms with van der Waals surface area (Å²) in [4.78, 5) is 28.1. The summed E-state index contributed by atoms with van der Waals surface area (Å²) in [6, 6.07) is 3.47. The molecule has 0 radical (unpaired) electrons. The van der Waals surface area contributed by atoms with Crippen LogP contribution in [0.15, 0.2) is 24.4 Å². The van der Waals surface area contributed by atoms with Crippen molar-refractivity contribution in [3.63, 3.8) is 0 Å². The van der Waals surface area contributed by atoms with Crippen molar-refractivity contribution in [1.29, 1.82) is 0 Å². The second-order valence-corrected chi connectivity index (χ2v) is 4.29. The number of carboxylic acid groups (broad SMARTS) is 1. The van der Waals surface area contributed by atoms with E-state index in [1.54, 1.807) is 30.3 Å². The molecule has 6 heteroatoms. The second-order valence-electron chi connectivity index (χ2n) is 4.29. The minimum Gasteiger partial charge on any atom is -0.478 e. The van der Waals surface area contributed by atoms with E-state index in [4.69, 9.17) is 5.11 Å². The zero-order valence-electron chi connectivity index (χ0n) is 11.7. The summed E-state index contributed by atoms with van der Waals surface area (Å²) >= 11 is 0. The molecule has 2 N–H and O–H groups in total. The molecule has 0 saturated heterocycles. The summed E-state index contributed by atoms with van der Waals surface area (Å²) < 4.78 is 0. The quantitative estimate of drug-likeness (QED) is 0.730. The lowest BCUT2D eigenvalue weighted by molar-refractivity contribution is -0.131. The Kier molecular flexibility index (Phi) is 6.22. The molecular formula is C14H19N3O3. The molecule has 0 unspecified atom stereocenters. The predicted molar refractivity (Wildman–Crippen MR) is 77.5 cm³/mol. The standard InChI is InChI=1S/C14H19N3O3/c1-3-8-15-12(18)10-17(2)14-11(5-4-9-16-14)6-7-13(19)20/h4-7,9H,3,8,10H2,1-2H3,(H,15,18)(H,19,20)/b7-6+. The van der Waals surface area contributed by atoms with Crippen molar-refractivity contribution in [3.8, 4) is 0 Å². The molecule has 1 aromatic rings. The predicted octanol–water partition coefficient (Wildman–Crippen LogP) is 1.14. The van der Waals surface area contributed by atoms with Gasteiger partial charge in [0.1, 0.15) is 5.82 Å². The number of hydrogen-bond donors (Lipinski definition) is 2. The fourth-order valence-electron chi connectivity index (χ4n) is 1.63. The van der Waals surface area contributed by atoms with E-state index < -0.39 is 5.97 Å². The third-order valence-electron chi connectivity index (χ3n) is 2.54. The first kappa shape index (κ1) is 15.7. The molecule has 1 aromatic heterocycles. The number of nitrogens with one attached hydrogen (secondary N) is 1. The van der Waals surface area contributed by atoms with E-state index in [0.29, 0.717) is 17.9 Å². The van der Waals surface area contributed by atoms with Crippen LogP contribution in [0.25, 0.3) is 6.08 Å². The third-order valence-corrected chi connectivity index (χ3v) is 2.54. The Morgan fingerprint density at radius 3 is 2.90 bits per heavy atom. The lowest BCUT2D eigenvalue weighted by atomic mass is 10.2. The molecule has 0 aliphatic heterocycles. The van der Waals surface area contributed by atoms with Crippen LogP contribution in [0.5, 0.6) is 0 Å². The van der Waals surface area contributed by atoms with Crippen molar-refractivity contribution in [3.05, 3.63) is 30.0 Å². The van der Waals surface area contributed by atoms with Gasteiger partial charge in [0.25, 0.3) is 0 Å². The number of pyridine rings is 1. The highest BCUT2D eigenvalue weighted by molar-refractivity contribution is 5.87. The Hall–Kier alpha value is -2.37. The molecule has 108 valence electrons. The highest BCUT2D eigenvalue weighted by Crippen LogP contribution is 2.17. The van der Waals surface area contributed by atoms with Gasteiger partial charge in [0.15, 0.2) is 0 Å². The van der Waals surface area contributed by atoms with Crippen LogP contribution < -0.4 is 10.2 Å². The van der Waals surface area contributed by atoms with Gasteiger partial charge in [-0.1, -0.05) is 6.92 Å². The molecule has 1 amide bonds. The summed E-state index contributed by atoms with van der Waals surface area (Å²) in [6.07, 6.45) is 5.00. The van der Waals surface area contributed by atoms with E-state index in [0.717, 1.165) is 12.5 Å². The average Bonchev–Trinajstić information content (AvgIpc) is 2.43. The highest BCUT2D eigenvalue weighted by Gasteiger charge is 2.10. The number of carbonyl (C=O) groups is 2. The molecule has 0 aliphatic rings. The fraction of sp³-hybridized carbons (Fsp3) is 0.357. The van der Waals surface area contributed by atoms with Crippen LogP contribution in [0, 0.1) is 0 Å². The van der Waals surface area contributed by atoms with Crippen LogP contribution >= 0.6 is 0 Å². The third kappa shape index (κ3) is 5.09. The molecule has 0 atom stereocenters. The second kappa shape index (κ2) is 7.93. The van der Waals surface area contributed by atoms with Gasteiger partial charge in [-0.3, -0.25) is 4.79 Å². The Bertz CT molecular complexity index is 500. The summed E-state index contributed by atoms with van der Waals surface area (Å²) in [6.45, 7) is 2.79. The molecule has 0 bridgehead atoms. The number of carboxylic acids is 1. The van der Waals surface area contributed by atoms with Gasteiger partial charge >= 0.3 is 5.97 Å². The number of nitrogens with zero attached hydrogens (tertiary/aromatic N) is 2. The molecule has 0 fully saturated rings. The van der Waals surface area contributed by atoms with E-state index >= 15 is 0 Å². The molecule has 0 saturated carbocycles. The Labute approximate surface area is 118 Å². The topological polar surface area (TPSA) is 82.5 Å². The molecule has 0 aliphatic carbocycles. The molecule has 6 nitrogen and oxygen atoms in total. The number of carbonyl (C=O) groups excluding carboxylic acids is 1. The molecule has 0 spiro atoms. The number of amides is 1. The van der Waals surface area contributed by atoms with Crippen molar-refractivity contribution in [1.82, 2.24) is 10.3 Å². The van der Waals surface area contributed by atoms with Gasteiger partial charge < -0.3 is 15.3 Å². The Morgan fingerprint density at radius 2 is 2.25 bits per heavy atom. The number of aliphatic carboxylic acids is 1. The van der Waals surface area contributed by atoms with E-state index in [9.17, 15) is 9.59 Å². The number of aromatic nitrogens is 1. The fourth-order valence-corrected chi connectivity index (χ4v) is 1.63. The number of rotatable bonds is 7. The van der Waals surface area contributed by atoms with E-state index in [1.807, 2.05) is 6.92 Å². The lowest BCUT2D eigenvalue weighted by Crippen LogP contribution is -2.36. The molecule has 0 aromatic carbocycles. The van der Waals surface area contributed by atoms with Crippen molar-refractivity contribution in [2.75, 3.05) is 25.0 Å². The van der Waals surface area contributed by atoms with Gasteiger partial charge in [-0.15, -0.1) is 0 Å². The smallest absolute Gasteiger partial charge is 0.328 e. The molecule has 20 heavy (non-hydrogen) atoms. The SMILES string of the molecule is CCCNC(=O)CN(C)c1ncccc1/C=C/C(=O)O. The summed E-state index contributed by atoms with van der Waals surface area (Å²) in [5.74, 6) is -0.548. The molecule has 1 rings (SSSR count). The van der Waals surface area contributed by atoms with Crippen LogP contribution in [0.3, 0.4) is 0 Å². The first-order valence-electron chi connectivity index (χ1n) is 6.38. The highest BCUT2D eigenvalue weighted by atomic mass is 16.4. The molecular weight excluding hydrogens is 258 g/mol. The van der Waals surface area contributed by atoms with Crippen LogP contribution in [0.2, 0.25) is 0 Å². The van der Waals surface area contributed by atoms with Gasteiger partial charge in [-0.05, 0) is 24.6 Å². The Morgan fingerprint density at radius 1 is 1.50 bits per heavy atom. The number of hydrogen-bond acceptors (Lipinski definition) is 4. The van der Waals surface area contributed by atoms with Crippen molar-refractivity contribution < 1.29 is 14.7 Å². The summed E-state index contributed by atoms with van der Waals surface area (Å²) in [5.41, 5.74) is 0.653. The normalized spacial score (nSPS) is 10.5. The summed E-state index contributed by atoms with van der Waals surface area (Å²) in [5, 5.41) is 11.4. The van der Waals surface area contributed by atoms with Crippen molar-refractivity contribution >= 4 is 23.8 Å². The minimum atomic E-state index is -1.02. The zero-order chi connectivity index (χ0) is 15.0. The van der Waals surface area contributed by atoms with Crippen LogP contribution in [-0.4, -0.2) is 42.1 Å². The van der Waals surface area contributed by atoms with E-state index in [2.05, 4.69) is 10.3 Å². The summed E-state index contributed by atoms with van der Waals surface area (Å²) in [7, 11) is 1.74. The first-order chi connectivity index (χ1) is 9.54.